The minimum absolute atomic E-state index is 0.0481. The Bertz CT molecular complexity index is 204. The van der Waals surface area contributed by atoms with Crippen LogP contribution in [-0.2, 0) is 4.79 Å². The van der Waals surface area contributed by atoms with E-state index in [0.717, 1.165) is 6.42 Å². The molecule has 3 N–H and O–H groups in total. The van der Waals surface area contributed by atoms with E-state index in [0.29, 0.717) is 12.5 Å². The van der Waals surface area contributed by atoms with E-state index in [-0.39, 0.29) is 17.9 Å². The quantitative estimate of drug-likeness (QED) is 0.611. The Morgan fingerprint density at radius 1 is 1.18 bits per heavy atom. The second kappa shape index (κ2) is 9.46. The molecule has 0 spiro atoms. The van der Waals surface area contributed by atoms with Crippen molar-refractivity contribution < 1.29 is 4.79 Å². The fraction of sp³-hybridized carbons (Fsp3) is 0.929. The number of carbonyl (C=O) groups is 1. The highest BCUT2D eigenvalue weighted by molar-refractivity contribution is 5.79. The number of hydrogen-bond acceptors (Lipinski definition) is 2. The van der Waals surface area contributed by atoms with Gasteiger partial charge in [-0.15, -0.1) is 0 Å². The van der Waals surface area contributed by atoms with E-state index in [4.69, 9.17) is 5.73 Å². The second-order valence-electron chi connectivity index (χ2n) is 5.35. The summed E-state index contributed by atoms with van der Waals surface area (Å²) >= 11 is 0. The zero-order valence-electron chi connectivity index (χ0n) is 12.0. The van der Waals surface area contributed by atoms with Crippen LogP contribution in [0.3, 0.4) is 0 Å². The minimum Gasteiger partial charge on any atom is -0.353 e. The monoisotopic (exact) mass is 242 g/mol. The van der Waals surface area contributed by atoms with Crippen LogP contribution in [0.25, 0.3) is 0 Å². The Morgan fingerprint density at radius 3 is 2.29 bits per heavy atom. The average molecular weight is 242 g/mol. The molecule has 2 unspecified atom stereocenters. The molecular formula is C14H30N2O. The smallest absolute Gasteiger partial charge is 0.224 e. The van der Waals surface area contributed by atoms with E-state index in [1.165, 1.54) is 25.7 Å². The van der Waals surface area contributed by atoms with Gasteiger partial charge in [0, 0.05) is 12.6 Å². The predicted molar refractivity (Wildman–Crippen MR) is 73.7 cm³/mol. The third-order valence-corrected chi connectivity index (χ3v) is 3.27. The van der Waals surface area contributed by atoms with Gasteiger partial charge in [-0.2, -0.15) is 0 Å². The standard InChI is InChI=1S/C14H30N2O/c1-5-6-7-8-9-12(4)16-14(17)13(10-15)11(2)3/h11-13H,5-10,15H2,1-4H3,(H,16,17). The third kappa shape index (κ3) is 7.37. The molecule has 0 aromatic carbocycles. The molecule has 1 amide bonds. The molecule has 0 heterocycles. The summed E-state index contributed by atoms with van der Waals surface area (Å²) in [5.41, 5.74) is 5.63. The van der Waals surface area contributed by atoms with Gasteiger partial charge < -0.3 is 11.1 Å². The van der Waals surface area contributed by atoms with E-state index < -0.39 is 0 Å². The Kier molecular flexibility index (Phi) is 9.14. The van der Waals surface area contributed by atoms with Crippen molar-refractivity contribution in [2.24, 2.45) is 17.6 Å². The van der Waals surface area contributed by atoms with Gasteiger partial charge in [0.05, 0.1) is 5.92 Å². The SMILES string of the molecule is CCCCCCC(C)NC(=O)C(CN)C(C)C. The number of hydrogen-bond donors (Lipinski definition) is 2. The first kappa shape index (κ1) is 16.4. The van der Waals surface area contributed by atoms with Gasteiger partial charge in [-0.25, -0.2) is 0 Å². The zero-order chi connectivity index (χ0) is 13.3. The molecule has 0 saturated carbocycles. The van der Waals surface area contributed by atoms with Crippen molar-refractivity contribution >= 4 is 5.91 Å². The van der Waals surface area contributed by atoms with Gasteiger partial charge in [-0.05, 0) is 19.3 Å². The molecule has 0 bridgehead atoms. The molecule has 0 aromatic rings. The lowest BCUT2D eigenvalue weighted by molar-refractivity contribution is -0.126. The van der Waals surface area contributed by atoms with E-state index in [1.54, 1.807) is 0 Å². The topological polar surface area (TPSA) is 55.1 Å². The van der Waals surface area contributed by atoms with Crippen LogP contribution in [0.4, 0.5) is 0 Å². The molecule has 3 nitrogen and oxygen atoms in total. The first-order valence-electron chi connectivity index (χ1n) is 7.03. The lowest BCUT2D eigenvalue weighted by Crippen LogP contribution is -2.42. The van der Waals surface area contributed by atoms with Crippen molar-refractivity contribution in [1.82, 2.24) is 5.32 Å². The van der Waals surface area contributed by atoms with Crippen molar-refractivity contribution in [1.29, 1.82) is 0 Å². The van der Waals surface area contributed by atoms with Gasteiger partial charge in [0.25, 0.3) is 0 Å². The fourth-order valence-corrected chi connectivity index (χ4v) is 1.98. The molecule has 102 valence electrons. The second-order valence-corrected chi connectivity index (χ2v) is 5.35. The van der Waals surface area contributed by atoms with Crippen molar-refractivity contribution in [3.8, 4) is 0 Å². The summed E-state index contributed by atoms with van der Waals surface area (Å²) in [4.78, 5) is 11.9. The van der Waals surface area contributed by atoms with Crippen LogP contribution < -0.4 is 11.1 Å². The molecule has 0 radical (unpaired) electrons. The summed E-state index contributed by atoms with van der Waals surface area (Å²) in [6, 6.07) is 0.271. The lowest BCUT2D eigenvalue weighted by atomic mass is 9.94. The molecule has 17 heavy (non-hydrogen) atoms. The van der Waals surface area contributed by atoms with Crippen molar-refractivity contribution in [3.05, 3.63) is 0 Å². The molecule has 0 aliphatic carbocycles. The Balaban J connectivity index is 3.85. The maximum Gasteiger partial charge on any atom is 0.224 e. The van der Waals surface area contributed by atoms with Gasteiger partial charge in [-0.3, -0.25) is 4.79 Å². The highest BCUT2D eigenvalue weighted by atomic mass is 16.1. The normalized spacial score (nSPS) is 14.7. The van der Waals surface area contributed by atoms with Gasteiger partial charge in [0.15, 0.2) is 0 Å². The van der Waals surface area contributed by atoms with Crippen LogP contribution in [0.1, 0.15) is 59.8 Å². The summed E-state index contributed by atoms with van der Waals surface area (Å²) in [7, 11) is 0. The number of unbranched alkanes of at least 4 members (excludes halogenated alkanes) is 3. The van der Waals surface area contributed by atoms with Crippen molar-refractivity contribution in [3.63, 3.8) is 0 Å². The van der Waals surface area contributed by atoms with E-state index >= 15 is 0 Å². The molecule has 0 aliphatic rings. The van der Waals surface area contributed by atoms with Crippen LogP contribution in [0.5, 0.6) is 0 Å². The molecule has 3 heteroatoms. The highest BCUT2D eigenvalue weighted by Crippen LogP contribution is 2.11. The largest absolute Gasteiger partial charge is 0.353 e. The lowest BCUT2D eigenvalue weighted by Gasteiger charge is -2.21. The van der Waals surface area contributed by atoms with Gasteiger partial charge in [-0.1, -0.05) is 46.5 Å². The number of rotatable bonds is 9. The van der Waals surface area contributed by atoms with Crippen molar-refractivity contribution in [2.75, 3.05) is 6.54 Å². The molecule has 2 atom stereocenters. The van der Waals surface area contributed by atoms with Crippen LogP contribution in [0, 0.1) is 11.8 Å². The maximum atomic E-state index is 11.9. The third-order valence-electron chi connectivity index (χ3n) is 3.27. The van der Waals surface area contributed by atoms with E-state index in [9.17, 15) is 4.79 Å². The minimum atomic E-state index is -0.0481. The summed E-state index contributed by atoms with van der Waals surface area (Å²) in [6.07, 6.45) is 6.08. The van der Waals surface area contributed by atoms with Crippen LogP contribution in [0.2, 0.25) is 0 Å². The van der Waals surface area contributed by atoms with Crippen LogP contribution in [0.15, 0.2) is 0 Å². The number of nitrogens with two attached hydrogens (primary N) is 1. The van der Waals surface area contributed by atoms with Crippen LogP contribution >= 0.6 is 0 Å². The summed E-state index contributed by atoms with van der Waals surface area (Å²) < 4.78 is 0. The molecule has 0 aliphatic heterocycles. The highest BCUT2D eigenvalue weighted by Gasteiger charge is 2.21. The van der Waals surface area contributed by atoms with E-state index in [2.05, 4.69) is 19.2 Å². The first-order chi connectivity index (χ1) is 8.02. The molecule has 0 rings (SSSR count). The summed E-state index contributed by atoms with van der Waals surface area (Å²) in [5.74, 6) is 0.380. The van der Waals surface area contributed by atoms with E-state index in [1.807, 2.05) is 13.8 Å². The van der Waals surface area contributed by atoms with Gasteiger partial charge in [0.2, 0.25) is 5.91 Å². The average Bonchev–Trinajstić information content (AvgIpc) is 2.24. The molecular weight excluding hydrogens is 212 g/mol. The van der Waals surface area contributed by atoms with Crippen LogP contribution in [-0.4, -0.2) is 18.5 Å². The van der Waals surface area contributed by atoms with Gasteiger partial charge in [0.1, 0.15) is 0 Å². The molecule has 0 saturated heterocycles. The first-order valence-corrected chi connectivity index (χ1v) is 7.03. The molecule has 0 aromatic heterocycles. The van der Waals surface area contributed by atoms with Gasteiger partial charge >= 0.3 is 0 Å². The number of amides is 1. The van der Waals surface area contributed by atoms with Crippen molar-refractivity contribution in [2.45, 2.75) is 65.8 Å². The number of nitrogens with one attached hydrogen (secondary N) is 1. The molecule has 0 fully saturated rings. The predicted octanol–water partition coefficient (Wildman–Crippen LogP) is 2.69. The summed E-state index contributed by atoms with van der Waals surface area (Å²) in [6.45, 7) is 8.82. The Morgan fingerprint density at radius 2 is 1.82 bits per heavy atom. The zero-order valence-corrected chi connectivity index (χ0v) is 12.0. The maximum absolute atomic E-state index is 11.9. The number of carbonyl (C=O) groups excluding carboxylic acids is 1. The fourth-order valence-electron chi connectivity index (χ4n) is 1.98. The summed E-state index contributed by atoms with van der Waals surface area (Å²) in [5, 5.41) is 3.07. The Hall–Kier alpha value is -0.570. The Labute approximate surface area is 107 Å².